The summed E-state index contributed by atoms with van der Waals surface area (Å²) in [4.78, 5) is 2.37. The molecular formula is C9H20ClN. The van der Waals surface area contributed by atoms with E-state index in [0.717, 1.165) is 18.2 Å². The van der Waals surface area contributed by atoms with Gasteiger partial charge in [0.2, 0.25) is 0 Å². The lowest BCUT2D eigenvalue weighted by molar-refractivity contribution is 0.291. The fourth-order valence-electron chi connectivity index (χ4n) is 1.19. The Labute approximate surface area is 75.7 Å². The summed E-state index contributed by atoms with van der Waals surface area (Å²) in [5.41, 5.74) is 0. The third-order valence-corrected chi connectivity index (χ3v) is 1.87. The van der Waals surface area contributed by atoms with Crippen LogP contribution in [0.1, 0.15) is 26.7 Å². The minimum Gasteiger partial charge on any atom is -0.306 e. The molecule has 0 spiro atoms. The lowest BCUT2D eigenvalue weighted by Gasteiger charge is -2.18. The van der Waals surface area contributed by atoms with E-state index in [4.69, 9.17) is 11.6 Å². The quantitative estimate of drug-likeness (QED) is 0.446. The fourth-order valence-corrected chi connectivity index (χ4v) is 1.38. The molecule has 1 nitrogen and oxygen atoms in total. The molecule has 0 atom stereocenters. The van der Waals surface area contributed by atoms with Crippen molar-refractivity contribution in [3.8, 4) is 0 Å². The molecule has 0 heterocycles. The Hall–Kier alpha value is 0.250. The molecule has 0 aliphatic heterocycles. The molecule has 0 aromatic rings. The van der Waals surface area contributed by atoms with Gasteiger partial charge in [0.1, 0.15) is 0 Å². The largest absolute Gasteiger partial charge is 0.306 e. The first-order valence-corrected chi connectivity index (χ1v) is 4.94. The van der Waals surface area contributed by atoms with Gasteiger partial charge in [0.25, 0.3) is 0 Å². The number of unbranched alkanes of at least 4 members (excludes halogenated alkanes) is 1. The molecule has 68 valence electrons. The third kappa shape index (κ3) is 8.15. The number of nitrogens with zero attached hydrogens (tertiary/aromatic N) is 1. The number of rotatable bonds is 6. The van der Waals surface area contributed by atoms with Crippen molar-refractivity contribution in [3.63, 3.8) is 0 Å². The second kappa shape index (κ2) is 6.93. The van der Waals surface area contributed by atoms with Crippen molar-refractivity contribution in [2.75, 3.05) is 26.0 Å². The molecule has 0 aliphatic rings. The minimum atomic E-state index is 0.774. The molecule has 0 saturated heterocycles. The predicted octanol–water partition coefficient (Wildman–Crippen LogP) is 2.59. The molecule has 0 N–H and O–H groups in total. The monoisotopic (exact) mass is 177 g/mol. The number of halogens is 1. The lowest BCUT2D eigenvalue weighted by Crippen LogP contribution is -2.24. The van der Waals surface area contributed by atoms with E-state index in [9.17, 15) is 0 Å². The predicted molar refractivity (Wildman–Crippen MR) is 52.3 cm³/mol. The molecule has 0 rings (SSSR count). The Morgan fingerprint density at radius 1 is 1.27 bits per heavy atom. The van der Waals surface area contributed by atoms with Gasteiger partial charge in [-0.25, -0.2) is 0 Å². The summed E-state index contributed by atoms with van der Waals surface area (Å²) < 4.78 is 0. The minimum absolute atomic E-state index is 0.774. The fraction of sp³-hybridized carbons (Fsp3) is 1.00. The van der Waals surface area contributed by atoms with Gasteiger partial charge in [-0.1, -0.05) is 13.8 Å². The summed E-state index contributed by atoms with van der Waals surface area (Å²) in [6.45, 7) is 6.88. The van der Waals surface area contributed by atoms with E-state index in [1.807, 2.05) is 0 Å². The van der Waals surface area contributed by atoms with Gasteiger partial charge in [0.05, 0.1) is 0 Å². The van der Waals surface area contributed by atoms with Gasteiger partial charge in [0, 0.05) is 12.4 Å². The second-order valence-electron chi connectivity index (χ2n) is 3.55. The van der Waals surface area contributed by atoms with Crippen molar-refractivity contribution < 1.29 is 0 Å². The first-order chi connectivity index (χ1) is 5.16. The van der Waals surface area contributed by atoms with Crippen molar-refractivity contribution >= 4 is 11.6 Å². The van der Waals surface area contributed by atoms with Gasteiger partial charge in [-0.2, -0.15) is 0 Å². The van der Waals surface area contributed by atoms with E-state index in [0.29, 0.717) is 0 Å². The average Bonchev–Trinajstić information content (AvgIpc) is 1.86. The van der Waals surface area contributed by atoms with Crippen molar-refractivity contribution in [3.05, 3.63) is 0 Å². The smallest absolute Gasteiger partial charge is 0.0223 e. The number of hydrogen-bond acceptors (Lipinski definition) is 1. The Bertz CT molecular complexity index is 83.6. The van der Waals surface area contributed by atoms with E-state index >= 15 is 0 Å². The van der Waals surface area contributed by atoms with E-state index in [2.05, 4.69) is 25.8 Å². The average molecular weight is 178 g/mol. The van der Waals surface area contributed by atoms with Crippen molar-refractivity contribution in [1.82, 2.24) is 4.90 Å². The van der Waals surface area contributed by atoms with Crippen LogP contribution in [0.15, 0.2) is 0 Å². The highest BCUT2D eigenvalue weighted by molar-refractivity contribution is 6.17. The molecule has 0 aromatic carbocycles. The Balaban J connectivity index is 3.15. The molecule has 0 aromatic heterocycles. The van der Waals surface area contributed by atoms with E-state index < -0.39 is 0 Å². The molecule has 0 radical (unpaired) electrons. The highest BCUT2D eigenvalue weighted by Gasteiger charge is 1.99. The standard InChI is InChI=1S/C9H20ClN/c1-9(2)8-11(3)7-5-4-6-10/h9H,4-8H2,1-3H3. The summed E-state index contributed by atoms with van der Waals surface area (Å²) in [6.07, 6.45) is 2.37. The van der Waals surface area contributed by atoms with Crippen LogP contribution in [0.25, 0.3) is 0 Å². The maximum Gasteiger partial charge on any atom is 0.0223 e. The summed E-state index contributed by atoms with van der Waals surface area (Å²) in [7, 11) is 2.17. The molecule has 0 fully saturated rings. The van der Waals surface area contributed by atoms with Crippen LogP contribution < -0.4 is 0 Å². The zero-order valence-corrected chi connectivity index (χ0v) is 8.69. The summed E-state index contributed by atoms with van der Waals surface area (Å²) in [5, 5.41) is 0. The Kier molecular flexibility index (Phi) is 7.09. The maximum atomic E-state index is 5.57. The van der Waals surface area contributed by atoms with E-state index in [1.165, 1.54) is 19.5 Å². The normalized spacial score (nSPS) is 11.5. The van der Waals surface area contributed by atoms with Crippen molar-refractivity contribution in [2.45, 2.75) is 26.7 Å². The van der Waals surface area contributed by atoms with Crippen molar-refractivity contribution in [1.29, 1.82) is 0 Å². The molecule has 0 bridgehead atoms. The summed E-state index contributed by atoms with van der Waals surface area (Å²) in [6, 6.07) is 0. The van der Waals surface area contributed by atoms with Crippen LogP contribution in [0.2, 0.25) is 0 Å². The highest BCUT2D eigenvalue weighted by Crippen LogP contribution is 1.99. The van der Waals surface area contributed by atoms with Crippen LogP contribution in [0, 0.1) is 5.92 Å². The second-order valence-corrected chi connectivity index (χ2v) is 3.93. The van der Waals surface area contributed by atoms with E-state index in [-0.39, 0.29) is 0 Å². The van der Waals surface area contributed by atoms with Crippen LogP contribution in [-0.2, 0) is 0 Å². The van der Waals surface area contributed by atoms with Gasteiger partial charge in [0.15, 0.2) is 0 Å². The van der Waals surface area contributed by atoms with Gasteiger partial charge >= 0.3 is 0 Å². The molecular weight excluding hydrogens is 158 g/mol. The first kappa shape index (κ1) is 11.2. The topological polar surface area (TPSA) is 3.24 Å². The first-order valence-electron chi connectivity index (χ1n) is 4.41. The zero-order chi connectivity index (χ0) is 8.69. The van der Waals surface area contributed by atoms with Gasteiger partial charge in [-0.3, -0.25) is 0 Å². The maximum absolute atomic E-state index is 5.57. The number of alkyl halides is 1. The molecule has 0 amide bonds. The van der Waals surface area contributed by atoms with Crippen LogP contribution >= 0.6 is 11.6 Å². The molecule has 0 aliphatic carbocycles. The van der Waals surface area contributed by atoms with Crippen molar-refractivity contribution in [2.24, 2.45) is 5.92 Å². The van der Waals surface area contributed by atoms with Gasteiger partial charge in [-0.05, 0) is 32.4 Å². The van der Waals surface area contributed by atoms with Gasteiger partial charge < -0.3 is 4.90 Å². The Morgan fingerprint density at radius 2 is 1.91 bits per heavy atom. The molecule has 2 heteroatoms. The SMILES string of the molecule is CC(C)CN(C)CCCCCl. The summed E-state index contributed by atoms with van der Waals surface area (Å²) >= 11 is 5.57. The van der Waals surface area contributed by atoms with E-state index in [1.54, 1.807) is 0 Å². The Morgan fingerprint density at radius 3 is 2.36 bits per heavy atom. The molecule has 0 saturated carbocycles. The molecule has 0 unspecified atom stereocenters. The van der Waals surface area contributed by atoms with Crippen LogP contribution in [-0.4, -0.2) is 30.9 Å². The summed E-state index contributed by atoms with van der Waals surface area (Å²) in [5.74, 6) is 1.58. The van der Waals surface area contributed by atoms with Crippen LogP contribution in [0.4, 0.5) is 0 Å². The van der Waals surface area contributed by atoms with Crippen LogP contribution in [0.3, 0.4) is 0 Å². The molecule has 11 heavy (non-hydrogen) atoms. The highest BCUT2D eigenvalue weighted by atomic mass is 35.5. The zero-order valence-electron chi connectivity index (χ0n) is 7.94. The third-order valence-electron chi connectivity index (χ3n) is 1.60. The number of hydrogen-bond donors (Lipinski definition) is 0. The lowest BCUT2D eigenvalue weighted by atomic mass is 10.2. The van der Waals surface area contributed by atoms with Gasteiger partial charge in [-0.15, -0.1) is 11.6 Å². The van der Waals surface area contributed by atoms with Crippen LogP contribution in [0.5, 0.6) is 0 Å².